The lowest BCUT2D eigenvalue weighted by molar-refractivity contribution is -0.119. The average Bonchev–Trinajstić information content (AvgIpc) is 3.97. The van der Waals surface area contributed by atoms with Gasteiger partial charge in [0.25, 0.3) is 0 Å². The third-order valence-corrected chi connectivity index (χ3v) is 10.5. The van der Waals surface area contributed by atoms with Gasteiger partial charge >= 0.3 is 0 Å². The van der Waals surface area contributed by atoms with E-state index in [1.54, 1.807) is 31.4 Å². The van der Waals surface area contributed by atoms with E-state index in [-0.39, 0.29) is 29.5 Å². The zero-order valence-electron chi connectivity index (χ0n) is 28.8. The molecule has 0 saturated carbocycles. The van der Waals surface area contributed by atoms with Crippen molar-refractivity contribution in [1.29, 1.82) is 5.26 Å². The van der Waals surface area contributed by atoms with Crippen molar-refractivity contribution in [2.75, 3.05) is 26.7 Å². The number of methoxy groups -OCH3 is 1. The molecule has 0 bridgehead atoms. The molecular weight excluding hydrogens is 683 g/mol. The molecule has 266 valence electrons. The predicted octanol–water partition coefficient (Wildman–Crippen LogP) is 7.26. The van der Waals surface area contributed by atoms with Crippen LogP contribution in [0.3, 0.4) is 0 Å². The number of pyridine rings is 1. The maximum atomic E-state index is 16.5. The molecule has 10 nitrogen and oxygen atoms in total. The van der Waals surface area contributed by atoms with Crippen LogP contribution in [0.15, 0.2) is 59.0 Å². The Kier molecular flexibility index (Phi) is 9.53. The SMILES string of the molecule is COc1nc(O[C@@H]2CCc3c(-c4cccc(-c5nc6cc(CNC[C@@H]7CCC(=O)N7)cc(C#N)c6o5)c4F)cccc32)c(Cl)cc1CN1CCCC1. The first-order chi connectivity index (χ1) is 25.4. The number of amides is 1. The number of hydrogen-bond donors (Lipinski definition) is 2. The number of carbonyl (C=O) groups is 1. The predicted molar refractivity (Wildman–Crippen MR) is 194 cm³/mol. The number of carbonyl (C=O) groups excluding carboxylic acids is 1. The number of hydrogen-bond acceptors (Lipinski definition) is 9. The Bertz CT molecular complexity index is 2210. The van der Waals surface area contributed by atoms with Crippen LogP contribution in [-0.4, -0.2) is 53.6 Å². The van der Waals surface area contributed by atoms with Gasteiger partial charge in [-0.25, -0.2) is 9.37 Å². The third kappa shape index (κ3) is 6.70. The van der Waals surface area contributed by atoms with E-state index >= 15 is 4.39 Å². The van der Waals surface area contributed by atoms with Crippen molar-refractivity contribution in [3.05, 3.63) is 93.3 Å². The fraction of sp³-hybridized carbons (Fsp3) is 0.350. The van der Waals surface area contributed by atoms with Gasteiger partial charge in [-0.15, -0.1) is 0 Å². The molecule has 4 heterocycles. The molecule has 5 aromatic rings. The van der Waals surface area contributed by atoms with Crippen molar-refractivity contribution in [2.24, 2.45) is 0 Å². The molecule has 2 aromatic heterocycles. The fourth-order valence-corrected chi connectivity index (χ4v) is 7.91. The van der Waals surface area contributed by atoms with E-state index in [1.807, 2.05) is 30.3 Å². The van der Waals surface area contributed by atoms with E-state index in [4.69, 9.17) is 25.5 Å². The number of rotatable bonds is 11. The van der Waals surface area contributed by atoms with Crippen molar-refractivity contribution in [3.8, 4) is 40.4 Å². The fourth-order valence-electron chi connectivity index (χ4n) is 7.69. The van der Waals surface area contributed by atoms with Gasteiger partial charge in [-0.05, 0) is 91.7 Å². The maximum Gasteiger partial charge on any atom is 0.236 e. The normalized spacial score (nSPS) is 18.5. The zero-order valence-corrected chi connectivity index (χ0v) is 29.6. The molecule has 0 unspecified atom stereocenters. The van der Waals surface area contributed by atoms with Gasteiger partial charge in [-0.2, -0.15) is 10.2 Å². The molecule has 2 atom stereocenters. The molecule has 0 radical (unpaired) electrons. The second-order valence-corrected chi connectivity index (χ2v) is 14.1. The molecule has 8 rings (SSSR count). The summed E-state index contributed by atoms with van der Waals surface area (Å²) in [4.78, 5) is 23.2. The number of nitriles is 1. The molecule has 2 N–H and O–H groups in total. The Hall–Kier alpha value is -5.02. The van der Waals surface area contributed by atoms with Crippen LogP contribution < -0.4 is 20.1 Å². The van der Waals surface area contributed by atoms with Gasteiger partial charge in [0.15, 0.2) is 5.58 Å². The minimum Gasteiger partial charge on any atom is -0.481 e. The van der Waals surface area contributed by atoms with Gasteiger partial charge in [0.1, 0.15) is 28.5 Å². The number of nitrogens with one attached hydrogen (secondary N) is 2. The van der Waals surface area contributed by atoms with Gasteiger partial charge in [-0.3, -0.25) is 9.69 Å². The highest BCUT2D eigenvalue weighted by Gasteiger charge is 2.30. The molecule has 0 spiro atoms. The highest BCUT2D eigenvalue weighted by Crippen LogP contribution is 2.43. The molecule has 2 saturated heterocycles. The van der Waals surface area contributed by atoms with E-state index in [0.717, 1.165) is 53.9 Å². The summed E-state index contributed by atoms with van der Waals surface area (Å²) >= 11 is 6.72. The van der Waals surface area contributed by atoms with Crippen LogP contribution in [0.4, 0.5) is 4.39 Å². The monoisotopic (exact) mass is 720 g/mol. The van der Waals surface area contributed by atoms with Crippen LogP contribution in [0.25, 0.3) is 33.7 Å². The molecule has 1 aliphatic carbocycles. The summed E-state index contributed by atoms with van der Waals surface area (Å²) in [6.07, 6.45) is 4.75. The minimum absolute atomic E-state index is 0.0649. The number of ether oxygens (including phenoxy) is 2. The topological polar surface area (TPSA) is 126 Å². The van der Waals surface area contributed by atoms with Crippen LogP contribution in [-0.2, 0) is 24.3 Å². The first-order valence-corrected chi connectivity index (χ1v) is 18.1. The molecule has 3 aromatic carbocycles. The standard InChI is InChI=1S/C40H38ClFN6O4/c1-50-38-25(22-48-14-2-3-15-48)18-32(41)40(47-38)51-34-12-11-28-27(6-4-7-29(28)34)30-8-5-9-31(36(30)42)39-46-33-17-23(16-24(19-43)37(33)52-39)20-44-21-26-10-13-35(49)45-26/h4-9,16-18,26,34,44H,2-3,10-15,20-22H2,1H3,(H,45,49)/t26-,34+/m0/s1. The van der Waals surface area contributed by atoms with Gasteiger partial charge in [-0.1, -0.05) is 41.9 Å². The minimum atomic E-state index is -0.464. The first kappa shape index (κ1) is 34.1. The second kappa shape index (κ2) is 14.5. The van der Waals surface area contributed by atoms with Crippen molar-refractivity contribution in [1.82, 2.24) is 25.5 Å². The number of halogens is 2. The lowest BCUT2D eigenvalue weighted by Crippen LogP contribution is -2.35. The molecule has 2 fully saturated rings. The molecule has 52 heavy (non-hydrogen) atoms. The number of aromatic nitrogens is 2. The highest BCUT2D eigenvalue weighted by molar-refractivity contribution is 6.31. The van der Waals surface area contributed by atoms with Crippen molar-refractivity contribution in [3.63, 3.8) is 0 Å². The van der Waals surface area contributed by atoms with Crippen molar-refractivity contribution < 1.29 is 23.1 Å². The first-order valence-electron chi connectivity index (χ1n) is 17.8. The zero-order chi connectivity index (χ0) is 35.8. The van der Waals surface area contributed by atoms with Gasteiger partial charge < -0.3 is 24.5 Å². The summed E-state index contributed by atoms with van der Waals surface area (Å²) < 4.78 is 34.7. The molecule has 3 aliphatic rings. The number of nitrogens with zero attached hydrogens (tertiary/aromatic N) is 4. The Balaban J connectivity index is 1.04. The molecule has 12 heteroatoms. The number of likely N-dealkylation sites (tertiary alicyclic amines) is 1. The van der Waals surface area contributed by atoms with Crippen LogP contribution in [0.1, 0.15) is 66.0 Å². The average molecular weight is 721 g/mol. The second-order valence-electron chi connectivity index (χ2n) is 13.7. The van der Waals surface area contributed by atoms with Crippen molar-refractivity contribution in [2.45, 2.75) is 63.8 Å². The summed E-state index contributed by atoms with van der Waals surface area (Å²) in [5.74, 6) is 0.515. The molecule has 2 aliphatic heterocycles. The highest BCUT2D eigenvalue weighted by atomic mass is 35.5. The third-order valence-electron chi connectivity index (χ3n) is 10.2. The van der Waals surface area contributed by atoms with Gasteiger partial charge in [0, 0.05) is 43.2 Å². The smallest absolute Gasteiger partial charge is 0.236 e. The maximum absolute atomic E-state index is 16.5. The Morgan fingerprint density at radius 3 is 2.65 bits per heavy atom. The van der Waals surface area contributed by atoms with E-state index in [0.29, 0.717) is 71.4 Å². The Labute approximate surface area is 305 Å². The quantitative estimate of drug-likeness (QED) is 0.145. The van der Waals surface area contributed by atoms with E-state index < -0.39 is 5.82 Å². The van der Waals surface area contributed by atoms with Crippen molar-refractivity contribution >= 4 is 28.6 Å². The van der Waals surface area contributed by atoms with E-state index in [1.165, 1.54) is 12.8 Å². The number of oxazole rings is 1. The largest absolute Gasteiger partial charge is 0.481 e. The summed E-state index contributed by atoms with van der Waals surface area (Å²) in [5, 5.41) is 16.6. The van der Waals surface area contributed by atoms with Crippen LogP contribution in [0, 0.1) is 17.1 Å². The lowest BCUT2D eigenvalue weighted by atomic mass is 9.95. The van der Waals surface area contributed by atoms with Gasteiger partial charge in [0.2, 0.25) is 23.6 Å². The Morgan fingerprint density at radius 1 is 1.06 bits per heavy atom. The summed E-state index contributed by atoms with van der Waals surface area (Å²) in [7, 11) is 1.60. The van der Waals surface area contributed by atoms with Gasteiger partial charge in [0.05, 0.1) is 18.2 Å². The van der Waals surface area contributed by atoms with Crippen LogP contribution in [0.5, 0.6) is 11.8 Å². The molecule has 1 amide bonds. The van der Waals surface area contributed by atoms with Crippen LogP contribution >= 0.6 is 11.6 Å². The summed E-state index contributed by atoms with van der Waals surface area (Å²) in [5.41, 5.74) is 6.21. The van der Waals surface area contributed by atoms with Crippen LogP contribution in [0.2, 0.25) is 5.02 Å². The number of benzene rings is 3. The number of fused-ring (bicyclic) bond motifs is 2. The summed E-state index contributed by atoms with van der Waals surface area (Å²) in [6, 6.07) is 18.8. The van der Waals surface area contributed by atoms with E-state index in [9.17, 15) is 10.1 Å². The summed E-state index contributed by atoms with van der Waals surface area (Å²) in [6.45, 7) is 3.91. The lowest BCUT2D eigenvalue weighted by Gasteiger charge is -2.20. The Morgan fingerprint density at radius 2 is 1.87 bits per heavy atom. The van der Waals surface area contributed by atoms with E-state index in [2.05, 4.69) is 31.6 Å². The molecular formula is C40H38ClFN6O4.